The summed E-state index contributed by atoms with van der Waals surface area (Å²) in [6.07, 6.45) is -0.292. The van der Waals surface area contributed by atoms with Gasteiger partial charge in [-0.05, 0) is 30.2 Å². The summed E-state index contributed by atoms with van der Waals surface area (Å²) in [4.78, 5) is 23.9. The molecule has 0 fully saturated rings. The van der Waals surface area contributed by atoms with Gasteiger partial charge in [-0.15, -0.1) is 0 Å². The number of hydrogen-bond acceptors (Lipinski definition) is 4. The third kappa shape index (κ3) is 4.01. The van der Waals surface area contributed by atoms with E-state index in [0.717, 1.165) is 10.2 Å². The molecule has 0 aliphatic heterocycles. The zero-order chi connectivity index (χ0) is 20.3. The topological polar surface area (TPSA) is 110 Å². The molecule has 2 aromatic carbocycles. The van der Waals surface area contributed by atoms with Gasteiger partial charge >= 0.3 is 5.97 Å². The minimum Gasteiger partial charge on any atom is -0.481 e. The van der Waals surface area contributed by atoms with Gasteiger partial charge < -0.3 is 16.2 Å². The van der Waals surface area contributed by atoms with Crippen LogP contribution in [0.25, 0.3) is 5.69 Å². The van der Waals surface area contributed by atoms with Gasteiger partial charge in [0.05, 0.1) is 12.5 Å². The smallest absolute Gasteiger partial charge is 0.305 e. The van der Waals surface area contributed by atoms with E-state index in [2.05, 4.69) is 10.4 Å². The van der Waals surface area contributed by atoms with Crippen molar-refractivity contribution in [3.63, 3.8) is 0 Å². The fraction of sp³-hybridized carbons (Fsp3) is 0.150. The van der Waals surface area contributed by atoms with Crippen LogP contribution in [-0.4, -0.2) is 26.8 Å². The lowest BCUT2D eigenvalue weighted by Crippen LogP contribution is -2.31. The summed E-state index contributed by atoms with van der Waals surface area (Å²) in [7, 11) is 0. The first-order chi connectivity index (χ1) is 13.4. The number of hydrogen-bond donors (Lipinski definition) is 3. The van der Waals surface area contributed by atoms with Crippen LogP contribution in [0.2, 0.25) is 0 Å². The number of rotatable bonds is 6. The van der Waals surface area contributed by atoms with Gasteiger partial charge in [-0.2, -0.15) is 5.10 Å². The van der Waals surface area contributed by atoms with Crippen LogP contribution in [0.3, 0.4) is 0 Å². The molecule has 0 radical (unpaired) electrons. The molecular formula is C20H19FN4O3. The van der Waals surface area contributed by atoms with Crippen LogP contribution in [0.15, 0.2) is 54.6 Å². The average molecular weight is 382 g/mol. The second-order valence-corrected chi connectivity index (χ2v) is 6.30. The second-order valence-electron chi connectivity index (χ2n) is 6.30. The molecule has 1 aromatic heterocycles. The summed E-state index contributed by atoms with van der Waals surface area (Å²) in [5.41, 5.74) is 7.51. The molecule has 1 atom stereocenters. The van der Waals surface area contributed by atoms with Gasteiger partial charge in [-0.1, -0.05) is 36.4 Å². The van der Waals surface area contributed by atoms with Gasteiger partial charge in [0.25, 0.3) is 5.91 Å². The largest absolute Gasteiger partial charge is 0.481 e. The third-order valence-corrected chi connectivity index (χ3v) is 4.30. The quantitative estimate of drug-likeness (QED) is 0.607. The van der Waals surface area contributed by atoms with E-state index in [-0.39, 0.29) is 23.6 Å². The molecule has 1 heterocycles. The first-order valence-electron chi connectivity index (χ1n) is 8.55. The molecule has 3 rings (SSSR count). The predicted molar refractivity (Wildman–Crippen MR) is 102 cm³/mol. The number of benzene rings is 2. The van der Waals surface area contributed by atoms with Crippen molar-refractivity contribution in [2.75, 3.05) is 5.73 Å². The third-order valence-electron chi connectivity index (χ3n) is 4.30. The highest BCUT2D eigenvalue weighted by molar-refractivity contribution is 5.93. The highest BCUT2D eigenvalue weighted by Crippen LogP contribution is 2.22. The van der Waals surface area contributed by atoms with Crippen molar-refractivity contribution in [2.45, 2.75) is 19.4 Å². The fourth-order valence-corrected chi connectivity index (χ4v) is 2.95. The molecule has 8 heteroatoms. The van der Waals surface area contributed by atoms with Crippen LogP contribution in [-0.2, 0) is 4.79 Å². The molecule has 0 aliphatic carbocycles. The fourth-order valence-electron chi connectivity index (χ4n) is 2.95. The Labute approximate surface area is 160 Å². The molecule has 4 N–H and O–H groups in total. The molecule has 0 saturated heterocycles. The van der Waals surface area contributed by atoms with Crippen LogP contribution in [0, 0.1) is 12.7 Å². The Morgan fingerprint density at radius 1 is 1.21 bits per heavy atom. The molecule has 144 valence electrons. The maximum atomic E-state index is 14.0. The molecule has 3 aromatic rings. The summed E-state index contributed by atoms with van der Waals surface area (Å²) in [6, 6.07) is 13.7. The molecule has 1 unspecified atom stereocenters. The van der Waals surface area contributed by atoms with Crippen molar-refractivity contribution in [1.82, 2.24) is 15.1 Å². The molecular weight excluding hydrogens is 363 g/mol. The van der Waals surface area contributed by atoms with Gasteiger partial charge in [0.1, 0.15) is 17.3 Å². The van der Waals surface area contributed by atoms with Crippen LogP contribution in [0.4, 0.5) is 10.2 Å². The molecule has 28 heavy (non-hydrogen) atoms. The van der Waals surface area contributed by atoms with Crippen LogP contribution < -0.4 is 11.1 Å². The lowest BCUT2D eigenvalue weighted by Gasteiger charge is -2.18. The van der Waals surface area contributed by atoms with E-state index in [1.807, 2.05) is 19.1 Å². The zero-order valence-corrected chi connectivity index (χ0v) is 15.1. The Balaban J connectivity index is 1.89. The Morgan fingerprint density at radius 2 is 1.89 bits per heavy atom. The number of anilines is 1. The number of halogens is 1. The van der Waals surface area contributed by atoms with E-state index in [4.69, 9.17) is 5.73 Å². The van der Waals surface area contributed by atoms with E-state index < -0.39 is 23.7 Å². The number of nitrogens with zero attached hydrogens (tertiary/aromatic N) is 2. The molecule has 0 aliphatic rings. The van der Waals surface area contributed by atoms with E-state index in [1.54, 1.807) is 18.2 Å². The Kier molecular flexibility index (Phi) is 5.39. The number of carboxylic acids is 1. The first-order valence-corrected chi connectivity index (χ1v) is 8.55. The number of nitrogens with one attached hydrogen (secondary N) is 1. The minimum atomic E-state index is -1.05. The summed E-state index contributed by atoms with van der Waals surface area (Å²) >= 11 is 0. The summed E-state index contributed by atoms with van der Waals surface area (Å²) in [5, 5.41) is 16.0. The summed E-state index contributed by atoms with van der Waals surface area (Å²) in [5.74, 6) is -2.10. The van der Waals surface area contributed by atoms with Gasteiger partial charge in [0.2, 0.25) is 0 Å². The van der Waals surface area contributed by atoms with Crippen LogP contribution in [0.5, 0.6) is 0 Å². The molecule has 0 bridgehead atoms. The normalized spacial score (nSPS) is 11.8. The number of nitrogen functional groups attached to an aromatic ring is 1. The lowest BCUT2D eigenvalue weighted by molar-refractivity contribution is -0.137. The maximum absolute atomic E-state index is 14.0. The summed E-state index contributed by atoms with van der Waals surface area (Å²) < 4.78 is 15.1. The highest BCUT2D eigenvalue weighted by atomic mass is 19.1. The van der Waals surface area contributed by atoms with Gasteiger partial charge in [0, 0.05) is 6.07 Å². The zero-order valence-electron chi connectivity index (χ0n) is 15.1. The standard InChI is InChI=1S/C20H19FN4O3/c1-12-6-2-3-7-13(12)15(11-19(26)27)23-20(28)16-10-18(22)25(24-16)17-9-5-4-8-14(17)21/h2-10,15H,11,22H2,1H3,(H,23,28)(H,26,27). The minimum absolute atomic E-state index is 0.0373. The highest BCUT2D eigenvalue weighted by Gasteiger charge is 2.23. The molecule has 0 spiro atoms. The number of nitrogens with two attached hydrogens (primary N) is 1. The number of aromatic nitrogens is 2. The molecule has 7 nitrogen and oxygen atoms in total. The molecule has 0 saturated carbocycles. The maximum Gasteiger partial charge on any atom is 0.305 e. The van der Waals surface area contributed by atoms with Gasteiger partial charge in [-0.3, -0.25) is 9.59 Å². The monoisotopic (exact) mass is 382 g/mol. The van der Waals surface area contributed by atoms with Crippen molar-refractivity contribution in [3.8, 4) is 5.69 Å². The van der Waals surface area contributed by atoms with Crippen molar-refractivity contribution in [3.05, 3.63) is 77.2 Å². The van der Waals surface area contributed by atoms with Crippen LogP contribution in [0.1, 0.15) is 34.1 Å². The number of para-hydroxylation sites is 1. The Hall–Kier alpha value is -3.68. The Morgan fingerprint density at radius 3 is 2.57 bits per heavy atom. The van der Waals surface area contributed by atoms with E-state index in [0.29, 0.717) is 5.56 Å². The second kappa shape index (κ2) is 7.91. The lowest BCUT2D eigenvalue weighted by atomic mass is 9.98. The van der Waals surface area contributed by atoms with Gasteiger partial charge in [0.15, 0.2) is 5.69 Å². The van der Waals surface area contributed by atoms with Crippen molar-refractivity contribution in [2.24, 2.45) is 0 Å². The van der Waals surface area contributed by atoms with E-state index in [1.165, 1.54) is 24.3 Å². The first kappa shape index (κ1) is 19.1. The van der Waals surface area contributed by atoms with E-state index in [9.17, 15) is 19.1 Å². The molecule has 1 amide bonds. The van der Waals surface area contributed by atoms with Gasteiger partial charge in [-0.25, -0.2) is 9.07 Å². The number of aryl methyl sites for hydroxylation is 1. The SMILES string of the molecule is Cc1ccccc1C(CC(=O)O)NC(=O)c1cc(N)n(-c2ccccc2F)n1. The van der Waals surface area contributed by atoms with E-state index >= 15 is 0 Å². The number of carbonyl (C=O) groups excluding carboxylic acids is 1. The van der Waals surface area contributed by atoms with Crippen molar-refractivity contribution >= 4 is 17.7 Å². The average Bonchev–Trinajstić information content (AvgIpc) is 3.03. The summed E-state index contributed by atoms with van der Waals surface area (Å²) in [6.45, 7) is 1.83. The predicted octanol–water partition coefficient (Wildman–Crippen LogP) is 2.85. The number of carboxylic acid groups (broad SMARTS) is 1. The number of aliphatic carboxylic acids is 1. The number of amides is 1. The number of carbonyl (C=O) groups is 2. The van der Waals surface area contributed by atoms with Crippen LogP contribution >= 0.6 is 0 Å². The van der Waals surface area contributed by atoms with Crippen molar-refractivity contribution < 1.29 is 19.1 Å². The van der Waals surface area contributed by atoms with Crippen molar-refractivity contribution in [1.29, 1.82) is 0 Å². The Bertz CT molecular complexity index is 1030.